The third kappa shape index (κ3) is 7.69. The monoisotopic (exact) mass is 299 g/mol. The first-order valence-electron chi connectivity index (χ1n) is 6.63. The number of alkyl halides is 3. The highest BCUT2D eigenvalue weighted by Crippen LogP contribution is 2.21. The Balaban J connectivity index is 4.67. The minimum absolute atomic E-state index is 0.0146. The molecule has 0 aromatic carbocycles. The molecule has 20 heavy (non-hydrogen) atoms. The van der Waals surface area contributed by atoms with E-state index in [1.807, 2.05) is 13.8 Å². The molecule has 1 N–H and O–H groups in total. The Morgan fingerprint density at radius 1 is 1.25 bits per heavy atom. The van der Waals surface area contributed by atoms with E-state index >= 15 is 0 Å². The van der Waals surface area contributed by atoms with Gasteiger partial charge in [0.25, 0.3) is 0 Å². The van der Waals surface area contributed by atoms with Crippen molar-refractivity contribution < 1.29 is 27.4 Å². The second kappa shape index (κ2) is 7.83. The Kier molecular flexibility index (Phi) is 7.51. The molecule has 2 atom stereocenters. The van der Waals surface area contributed by atoms with Crippen LogP contribution in [0.2, 0.25) is 0 Å². The molecule has 2 unspecified atom stereocenters. The van der Waals surface area contributed by atoms with Crippen molar-refractivity contribution in [3.8, 4) is 0 Å². The number of nitrogens with one attached hydrogen (secondary N) is 1. The number of rotatable bonds is 8. The zero-order valence-electron chi connectivity index (χ0n) is 12.6. The van der Waals surface area contributed by atoms with Gasteiger partial charge in [0, 0.05) is 12.5 Å². The molecule has 0 aromatic rings. The van der Waals surface area contributed by atoms with E-state index < -0.39 is 30.4 Å². The number of hydrogen-bond acceptors (Lipinski definition) is 4. The van der Waals surface area contributed by atoms with Gasteiger partial charge in [0.2, 0.25) is 0 Å². The Labute approximate surface area is 118 Å². The summed E-state index contributed by atoms with van der Waals surface area (Å²) in [4.78, 5) is 12.0. The summed E-state index contributed by atoms with van der Waals surface area (Å²) in [5, 5.41) is 3.03. The Morgan fingerprint density at radius 2 is 1.80 bits per heavy atom. The SMILES string of the molecule is CCOC(=O)C(C)(CC(C)OCC(F)(F)F)NC(C)C. The molecule has 0 bridgehead atoms. The summed E-state index contributed by atoms with van der Waals surface area (Å²) in [6.45, 7) is 7.37. The molecule has 0 radical (unpaired) electrons. The molecule has 0 rings (SSSR count). The van der Waals surface area contributed by atoms with Crippen LogP contribution in [0.5, 0.6) is 0 Å². The van der Waals surface area contributed by atoms with Crippen molar-refractivity contribution >= 4 is 5.97 Å². The summed E-state index contributed by atoms with van der Waals surface area (Å²) >= 11 is 0. The average molecular weight is 299 g/mol. The first-order chi connectivity index (χ1) is 9.00. The van der Waals surface area contributed by atoms with Crippen molar-refractivity contribution in [2.75, 3.05) is 13.2 Å². The van der Waals surface area contributed by atoms with Crippen LogP contribution in [-0.2, 0) is 14.3 Å². The minimum atomic E-state index is -4.37. The molecule has 4 nitrogen and oxygen atoms in total. The van der Waals surface area contributed by atoms with Crippen molar-refractivity contribution in [1.29, 1.82) is 0 Å². The fourth-order valence-electron chi connectivity index (χ4n) is 2.00. The molecule has 0 amide bonds. The van der Waals surface area contributed by atoms with Gasteiger partial charge in [0.15, 0.2) is 0 Å². The third-order valence-corrected chi connectivity index (χ3v) is 2.56. The number of hydrogen-bond donors (Lipinski definition) is 1. The summed E-state index contributed by atoms with van der Waals surface area (Å²) < 4.78 is 46.0. The molecule has 0 aromatic heterocycles. The van der Waals surface area contributed by atoms with Crippen LogP contribution in [0.25, 0.3) is 0 Å². The molecule has 0 aliphatic carbocycles. The van der Waals surface area contributed by atoms with Crippen molar-refractivity contribution in [2.45, 2.75) is 64.9 Å². The maximum absolute atomic E-state index is 12.1. The molecule has 0 spiro atoms. The predicted octanol–water partition coefficient (Wildman–Crippen LogP) is 2.66. The summed E-state index contributed by atoms with van der Waals surface area (Å²) in [5.74, 6) is -0.490. The van der Waals surface area contributed by atoms with Crippen LogP contribution in [0.1, 0.15) is 41.0 Å². The lowest BCUT2D eigenvalue weighted by molar-refractivity contribution is -0.186. The molecular weight excluding hydrogens is 275 g/mol. The largest absolute Gasteiger partial charge is 0.465 e. The van der Waals surface area contributed by atoms with Crippen LogP contribution in [0.4, 0.5) is 13.2 Å². The van der Waals surface area contributed by atoms with Gasteiger partial charge >= 0.3 is 12.1 Å². The fraction of sp³-hybridized carbons (Fsp3) is 0.923. The lowest BCUT2D eigenvalue weighted by Gasteiger charge is -2.33. The minimum Gasteiger partial charge on any atom is -0.465 e. The lowest BCUT2D eigenvalue weighted by atomic mass is 9.93. The number of carbonyl (C=O) groups is 1. The predicted molar refractivity (Wildman–Crippen MR) is 69.4 cm³/mol. The second-order valence-electron chi connectivity index (χ2n) is 5.29. The van der Waals surface area contributed by atoms with Gasteiger partial charge in [-0.05, 0) is 34.6 Å². The zero-order valence-corrected chi connectivity index (χ0v) is 12.6. The lowest BCUT2D eigenvalue weighted by Crippen LogP contribution is -2.55. The average Bonchev–Trinajstić information content (AvgIpc) is 2.24. The van der Waals surface area contributed by atoms with Crippen molar-refractivity contribution in [2.24, 2.45) is 0 Å². The Bertz CT molecular complexity index is 308. The standard InChI is InChI=1S/C13H24F3NO3/c1-6-19-11(18)12(5,17-9(2)3)7-10(4)20-8-13(14,15)16/h9-10,17H,6-8H2,1-5H3. The molecule has 0 aliphatic heterocycles. The first kappa shape index (κ1) is 19.2. The Morgan fingerprint density at radius 3 is 2.20 bits per heavy atom. The van der Waals surface area contributed by atoms with E-state index in [1.54, 1.807) is 13.8 Å². The van der Waals surface area contributed by atoms with E-state index in [4.69, 9.17) is 9.47 Å². The van der Waals surface area contributed by atoms with E-state index in [0.29, 0.717) is 0 Å². The zero-order chi connectivity index (χ0) is 16.0. The smallest absolute Gasteiger partial charge is 0.411 e. The summed E-state index contributed by atoms with van der Waals surface area (Å²) in [7, 11) is 0. The molecule has 7 heteroatoms. The molecule has 0 heterocycles. The molecule has 120 valence electrons. The quantitative estimate of drug-likeness (QED) is 0.700. The summed E-state index contributed by atoms with van der Waals surface area (Å²) in [5.41, 5.74) is -1.07. The summed E-state index contributed by atoms with van der Waals surface area (Å²) in [6.07, 6.45) is -5.00. The van der Waals surface area contributed by atoms with Gasteiger partial charge < -0.3 is 9.47 Å². The van der Waals surface area contributed by atoms with Gasteiger partial charge in [0.05, 0.1) is 12.7 Å². The van der Waals surface area contributed by atoms with Crippen LogP contribution >= 0.6 is 0 Å². The van der Waals surface area contributed by atoms with E-state index in [2.05, 4.69) is 5.32 Å². The highest BCUT2D eigenvalue weighted by atomic mass is 19.4. The van der Waals surface area contributed by atoms with Gasteiger partial charge in [-0.3, -0.25) is 10.1 Å². The van der Waals surface area contributed by atoms with Crippen molar-refractivity contribution in [1.82, 2.24) is 5.32 Å². The number of ether oxygens (including phenoxy) is 2. The van der Waals surface area contributed by atoms with Crippen LogP contribution in [0.15, 0.2) is 0 Å². The number of carbonyl (C=O) groups excluding carboxylic acids is 1. The number of esters is 1. The van der Waals surface area contributed by atoms with E-state index in [1.165, 1.54) is 6.92 Å². The van der Waals surface area contributed by atoms with Gasteiger partial charge in [-0.2, -0.15) is 13.2 Å². The highest BCUT2D eigenvalue weighted by Gasteiger charge is 2.38. The van der Waals surface area contributed by atoms with E-state index in [0.717, 1.165) is 0 Å². The van der Waals surface area contributed by atoms with Gasteiger partial charge in [-0.25, -0.2) is 0 Å². The maximum Gasteiger partial charge on any atom is 0.411 e. The maximum atomic E-state index is 12.1. The number of halogens is 3. The normalized spacial score (nSPS) is 16.9. The van der Waals surface area contributed by atoms with E-state index in [-0.39, 0.29) is 19.1 Å². The molecule has 0 fully saturated rings. The molecule has 0 aliphatic rings. The molecule has 0 saturated heterocycles. The van der Waals surface area contributed by atoms with Crippen LogP contribution in [0.3, 0.4) is 0 Å². The van der Waals surface area contributed by atoms with Gasteiger partial charge in [-0.1, -0.05) is 0 Å². The van der Waals surface area contributed by atoms with Gasteiger partial charge in [0.1, 0.15) is 12.1 Å². The van der Waals surface area contributed by atoms with Crippen molar-refractivity contribution in [3.05, 3.63) is 0 Å². The highest BCUT2D eigenvalue weighted by molar-refractivity contribution is 5.80. The molecular formula is C13H24F3NO3. The van der Waals surface area contributed by atoms with Crippen LogP contribution < -0.4 is 5.32 Å². The first-order valence-corrected chi connectivity index (χ1v) is 6.63. The van der Waals surface area contributed by atoms with E-state index in [9.17, 15) is 18.0 Å². The third-order valence-electron chi connectivity index (χ3n) is 2.56. The van der Waals surface area contributed by atoms with Gasteiger partial charge in [-0.15, -0.1) is 0 Å². The second-order valence-corrected chi connectivity index (χ2v) is 5.29. The molecule has 0 saturated carbocycles. The fourth-order valence-corrected chi connectivity index (χ4v) is 2.00. The van der Waals surface area contributed by atoms with Crippen molar-refractivity contribution in [3.63, 3.8) is 0 Å². The van der Waals surface area contributed by atoms with Crippen LogP contribution in [-0.4, -0.2) is 43.0 Å². The topological polar surface area (TPSA) is 47.6 Å². The van der Waals surface area contributed by atoms with Crippen LogP contribution in [0, 0.1) is 0 Å². The Hall–Kier alpha value is -0.820. The summed E-state index contributed by atoms with van der Waals surface area (Å²) in [6, 6.07) is -0.0146.